The largest absolute Gasteiger partial charge is 0.396 e. The van der Waals surface area contributed by atoms with Gasteiger partial charge in [0.05, 0.1) is 0 Å². The smallest absolute Gasteiger partial charge is 0.0433 e. The maximum atomic E-state index is 9.02. The van der Waals surface area contributed by atoms with Gasteiger partial charge < -0.3 is 5.11 Å². The van der Waals surface area contributed by atoms with E-state index >= 15 is 0 Å². The van der Waals surface area contributed by atoms with Gasteiger partial charge in [-0.15, -0.1) is 0 Å². The Morgan fingerprint density at radius 1 is 0.512 bits per heavy atom. The van der Waals surface area contributed by atoms with Crippen LogP contribution in [0.15, 0.2) is 82.0 Å². The van der Waals surface area contributed by atoms with Crippen molar-refractivity contribution >= 4 is 0 Å². The lowest BCUT2D eigenvalue weighted by Gasteiger charge is -2.07. The van der Waals surface area contributed by atoms with Crippen LogP contribution in [0.1, 0.15) is 152 Å². The van der Waals surface area contributed by atoms with Crippen LogP contribution in [0.25, 0.3) is 0 Å². The molecule has 0 radical (unpaired) electrons. The molecule has 0 spiro atoms. The number of aliphatic hydroxyl groups is 1. The third-order valence-corrected chi connectivity index (χ3v) is 7.98. The maximum absolute atomic E-state index is 9.02. The Bertz CT molecular complexity index is 882. The van der Waals surface area contributed by atoms with Crippen molar-refractivity contribution in [3.63, 3.8) is 0 Å². The molecule has 1 heteroatoms. The molecule has 0 aliphatic rings. The number of aliphatic hydroxyl groups excluding tert-OH is 1. The van der Waals surface area contributed by atoms with E-state index in [1.807, 2.05) is 0 Å². The van der Waals surface area contributed by atoms with Gasteiger partial charge in [-0.1, -0.05) is 95.9 Å². The van der Waals surface area contributed by atoms with Crippen molar-refractivity contribution in [1.82, 2.24) is 0 Å². The number of hydrogen-bond donors (Lipinski definition) is 1. The van der Waals surface area contributed by atoms with Crippen molar-refractivity contribution in [2.24, 2.45) is 11.8 Å². The van der Waals surface area contributed by atoms with Crippen LogP contribution in [0.5, 0.6) is 0 Å². The highest BCUT2D eigenvalue weighted by atomic mass is 16.3. The summed E-state index contributed by atoms with van der Waals surface area (Å²) in [5, 5.41) is 9.02. The minimum atomic E-state index is 0.312. The van der Waals surface area contributed by atoms with Crippen molar-refractivity contribution in [3.8, 4) is 0 Å². The van der Waals surface area contributed by atoms with Gasteiger partial charge in [-0.25, -0.2) is 0 Å². The summed E-state index contributed by atoms with van der Waals surface area (Å²) in [5.41, 5.74) is 8.97. The average molecular weight is 565 g/mol. The first-order valence-corrected chi connectivity index (χ1v) is 16.7. The topological polar surface area (TPSA) is 20.2 Å². The molecule has 0 rings (SSSR count). The summed E-state index contributed by atoms with van der Waals surface area (Å²) in [4.78, 5) is 0. The van der Waals surface area contributed by atoms with Gasteiger partial charge in [0, 0.05) is 6.61 Å². The molecule has 0 saturated carbocycles. The van der Waals surface area contributed by atoms with Crippen LogP contribution in [0, 0.1) is 11.8 Å². The van der Waals surface area contributed by atoms with Gasteiger partial charge in [-0.05, 0) is 150 Å². The lowest BCUT2D eigenvalue weighted by atomic mass is 10.00. The Labute approximate surface area is 257 Å². The van der Waals surface area contributed by atoms with Gasteiger partial charge in [0.1, 0.15) is 0 Å². The average Bonchev–Trinajstić information content (AvgIpc) is 2.88. The van der Waals surface area contributed by atoms with E-state index in [1.165, 1.54) is 78.4 Å². The molecule has 0 heterocycles. The first-order valence-electron chi connectivity index (χ1n) is 16.7. The molecular weight excluding hydrogens is 496 g/mol. The summed E-state index contributed by atoms with van der Waals surface area (Å²) in [6, 6.07) is 0. The molecule has 41 heavy (non-hydrogen) atoms. The van der Waals surface area contributed by atoms with E-state index in [2.05, 4.69) is 111 Å². The van der Waals surface area contributed by atoms with E-state index in [1.54, 1.807) is 0 Å². The van der Waals surface area contributed by atoms with Crippen molar-refractivity contribution < 1.29 is 5.11 Å². The predicted octanol–water partition coefficient (Wildman–Crippen LogP) is 13.0. The molecule has 0 saturated heterocycles. The van der Waals surface area contributed by atoms with E-state index in [0.29, 0.717) is 18.4 Å². The van der Waals surface area contributed by atoms with E-state index in [4.69, 9.17) is 5.11 Å². The lowest BCUT2D eigenvalue weighted by Crippen LogP contribution is -1.97. The summed E-state index contributed by atoms with van der Waals surface area (Å²) >= 11 is 0. The molecule has 1 N–H and O–H groups in total. The molecule has 0 aromatic rings. The van der Waals surface area contributed by atoms with E-state index in [9.17, 15) is 0 Å². The van der Waals surface area contributed by atoms with Crippen LogP contribution in [0.4, 0.5) is 0 Å². The normalized spacial score (nSPS) is 15.5. The molecule has 234 valence electrons. The van der Waals surface area contributed by atoms with Gasteiger partial charge in [0.15, 0.2) is 0 Å². The minimum Gasteiger partial charge on any atom is -0.396 e. The molecule has 0 aliphatic carbocycles. The Morgan fingerprint density at radius 3 is 1.39 bits per heavy atom. The molecule has 0 amide bonds. The van der Waals surface area contributed by atoms with Gasteiger partial charge >= 0.3 is 0 Å². The second-order valence-electron chi connectivity index (χ2n) is 13.1. The van der Waals surface area contributed by atoms with Crippen LogP contribution in [0.2, 0.25) is 0 Å². The zero-order chi connectivity index (χ0) is 30.9. The first-order chi connectivity index (χ1) is 19.5. The second-order valence-corrected chi connectivity index (χ2v) is 13.1. The van der Waals surface area contributed by atoms with Crippen molar-refractivity contribution in [1.29, 1.82) is 0 Å². The standard InChI is InChI=1S/C40H68O/c1-33(2)17-10-18-34(3)19-11-20-35(4)21-12-22-36(5)23-13-24-37(6)25-14-26-38(7)27-15-28-39(8)29-16-30-40(9)31-32-41/h13,17,19,21,23,25,27,29,36,40-41H,10-12,14-16,18,20,22,24,26,28,30-32H2,1-9H3. The summed E-state index contributed by atoms with van der Waals surface area (Å²) in [6.45, 7) is 20.6. The molecule has 0 fully saturated rings. The van der Waals surface area contributed by atoms with Crippen LogP contribution >= 0.6 is 0 Å². The highest BCUT2D eigenvalue weighted by Gasteiger charge is 2.00. The van der Waals surface area contributed by atoms with Crippen LogP contribution in [0.3, 0.4) is 0 Å². The third-order valence-electron chi connectivity index (χ3n) is 7.98. The molecule has 0 bridgehead atoms. The molecule has 1 nitrogen and oxygen atoms in total. The van der Waals surface area contributed by atoms with Gasteiger partial charge in [-0.3, -0.25) is 0 Å². The molecular formula is C40H68O. The minimum absolute atomic E-state index is 0.312. The SMILES string of the molecule is CC(C)=CCCC(C)=CCCC(C)=CCCC(C)C=CCC(C)=CCCC(C)=CCCC(C)=CCCC(C)CCO. The molecule has 0 aromatic heterocycles. The van der Waals surface area contributed by atoms with Crippen molar-refractivity contribution in [2.75, 3.05) is 6.61 Å². The fourth-order valence-electron chi connectivity index (χ4n) is 4.87. The number of allylic oxidation sites excluding steroid dienone is 14. The van der Waals surface area contributed by atoms with E-state index in [-0.39, 0.29) is 0 Å². The highest BCUT2D eigenvalue weighted by molar-refractivity contribution is 5.09. The highest BCUT2D eigenvalue weighted by Crippen LogP contribution is 2.17. The van der Waals surface area contributed by atoms with Gasteiger partial charge in [-0.2, -0.15) is 0 Å². The number of hydrogen-bond acceptors (Lipinski definition) is 1. The fraction of sp³-hybridized carbons (Fsp3) is 0.650. The summed E-state index contributed by atoms with van der Waals surface area (Å²) in [6.07, 6.45) is 35.3. The maximum Gasteiger partial charge on any atom is 0.0433 e. The molecule has 0 aromatic carbocycles. The summed E-state index contributed by atoms with van der Waals surface area (Å²) < 4.78 is 0. The number of rotatable bonds is 23. The van der Waals surface area contributed by atoms with Crippen molar-refractivity contribution in [3.05, 3.63) is 82.0 Å². The quantitative estimate of drug-likeness (QED) is 0.122. The zero-order valence-electron chi connectivity index (χ0n) is 28.8. The van der Waals surface area contributed by atoms with Crippen LogP contribution in [-0.2, 0) is 0 Å². The molecule has 0 aliphatic heterocycles. The Morgan fingerprint density at radius 2 is 0.927 bits per heavy atom. The van der Waals surface area contributed by atoms with Crippen LogP contribution in [-0.4, -0.2) is 11.7 Å². The van der Waals surface area contributed by atoms with E-state index < -0.39 is 0 Å². The molecule has 2 atom stereocenters. The van der Waals surface area contributed by atoms with Gasteiger partial charge in [0.2, 0.25) is 0 Å². The lowest BCUT2D eigenvalue weighted by molar-refractivity contribution is 0.259. The van der Waals surface area contributed by atoms with Crippen LogP contribution < -0.4 is 0 Å². The monoisotopic (exact) mass is 565 g/mol. The fourth-order valence-corrected chi connectivity index (χ4v) is 4.87. The molecule has 2 unspecified atom stereocenters. The zero-order valence-corrected chi connectivity index (χ0v) is 28.8. The first kappa shape index (κ1) is 39.1. The summed E-state index contributed by atoms with van der Waals surface area (Å²) in [5.74, 6) is 1.25. The van der Waals surface area contributed by atoms with E-state index in [0.717, 1.165) is 44.9 Å². The Kier molecular flexibility index (Phi) is 24.6. The van der Waals surface area contributed by atoms with Gasteiger partial charge in [0.25, 0.3) is 0 Å². The Balaban J connectivity index is 4.16. The van der Waals surface area contributed by atoms with Crippen molar-refractivity contribution in [2.45, 2.75) is 152 Å². The summed E-state index contributed by atoms with van der Waals surface area (Å²) in [7, 11) is 0. The predicted molar refractivity (Wildman–Crippen MR) is 187 cm³/mol. The Hall–Kier alpha value is -1.86. The third kappa shape index (κ3) is 26.8. The second kappa shape index (κ2) is 25.8.